The predicted octanol–water partition coefficient (Wildman–Crippen LogP) is 4.20. The van der Waals surface area contributed by atoms with Gasteiger partial charge in [-0.2, -0.15) is 0 Å². The molecule has 1 atom stereocenters. The largest absolute Gasteiger partial charge is 0.326 e. The van der Waals surface area contributed by atoms with Crippen molar-refractivity contribution in [1.82, 2.24) is 10.6 Å². The first-order valence-electron chi connectivity index (χ1n) is 6.69. The Kier molecular flexibility index (Phi) is 4.61. The molecule has 1 unspecified atom stereocenters. The van der Waals surface area contributed by atoms with Crippen LogP contribution in [-0.4, -0.2) is 16.5 Å². The van der Waals surface area contributed by atoms with Gasteiger partial charge in [0.2, 0.25) is 0 Å². The van der Waals surface area contributed by atoms with E-state index in [1.54, 1.807) is 11.3 Å². The van der Waals surface area contributed by atoms with Gasteiger partial charge in [-0.1, -0.05) is 48.6 Å². The number of rotatable bonds is 3. The van der Waals surface area contributed by atoms with E-state index in [4.69, 9.17) is 12.2 Å². The van der Waals surface area contributed by atoms with Crippen LogP contribution in [0, 0.1) is 0 Å². The van der Waals surface area contributed by atoms with Crippen molar-refractivity contribution in [2.75, 3.05) is 6.26 Å². The average molecular weight is 347 g/mol. The topological polar surface area (TPSA) is 41.1 Å². The van der Waals surface area contributed by atoms with Crippen LogP contribution in [0.15, 0.2) is 53.4 Å². The normalized spacial score (nSPS) is 17.9. The smallest absolute Gasteiger partial charge is 0.320 e. The fourth-order valence-corrected chi connectivity index (χ4v) is 3.84. The van der Waals surface area contributed by atoms with Gasteiger partial charge in [-0.3, -0.25) is 0 Å². The van der Waals surface area contributed by atoms with E-state index in [1.807, 2.05) is 54.1 Å². The van der Waals surface area contributed by atoms with Gasteiger partial charge in [0.05, 0.1) is 15.9 Å². The number of thiophene rings is 1. The van der Waals surface area contributed by atoms with Crippen molar-refractivity contribution < 1.29 is 4.79 Å². The van der Waals surface area contributed by atoms with Crippen LogP contribution in [-0.2, 0) is 0 Å². The molecular weight excluding hydrogens is 332 g/mol. The van der Waals surface area contributed by atoms with Crippen molar-refractivity contribution >= 4 is 51.2 Å². The number of benzene rings is 1. The lowest BCUT2D eigenvalue weighted by Gasteiger charge is -2.30. The van der Waals surface area contributed by atoms with E-state index in [2.05, 4.69) is 10.6 Å². The predicted molar refractivity (Wildman–Crippen MR) is 98.2 cm³/mol. The van der Waals surface area contributed by atoms with Gasteiger partial charge in [0.1, 0.15) is 0 Å². The van der Waals surface area contributed by atoms with Crippen LogP contribution in [0.2, 0.25) is 0 Å². The van der Waals surface area contributed by atoms with Crippen LogP contribution in [0.25, 0.3) is 5.70 Å². The maximum atomic E-state index is 12.1. The lowest BCUT2D eigenvalue weighted by atomic mass is 9.98. The molecule has 0 bridgehead atoms. The summed E-state index contributed by atoms with van der Waals surface area (Å²) in [5.74, 6) is 0. The number of nitrogens with one attached hydrogen (secondary N) is 2. The number of carbonyl (C=O) groups is 1. The van der Waals surface area contributed by atoms with E-state index in [0.29, 0.717) is 0 Å². The summed E-state index contributed by atoms with van der Waals surface area (Å²) >= 11 is 8.69. The third kappa shape index (κ3) is 2.95. The number of carbonyl (C=O) groups excluding carboxylic acids is 1. The quantitative estimate of drug-likeness (QED) is 0.818. The van der Waals surface area contributed by atoms with Crippen molar-refractivity contribution in [2.45, 2.75) is 6.04 Å². The molecule has 2 N–H and O–H groups in total. The van der Waals surface area contributed by atoms with Crippen LogP contribution >= 0.6 is 35.3 Å². The molecule has 22 heavy (non-hydrogen) atoms. The molecule has 0 spiro atoms. The standard InChI is InChI=1S/C16H14N2OS3/c1-21-15(20)12-13(10-6-3-2-4-7-10)17-16(19)18-14(12)11-8-5-9-22-11/h2-9,14H,1H3,(H2,17,18,19). The van der Waals surface area contributed by atoms with Crippen molar-refractivity contribution in [2.24, 2.45) is 0 Å². The summed E-state index contributed by atoms with van der Waals surface area (Å²) in [7, 11) is 0. The number of thioether (sulfide) groups is 1. The Morgan fingerprint density at radius 3 is 2.64 bits per heavy atom. The number of amides is 2. The monoisotopic (exact) mass is 346 g/mol. The van der Waals surface area contributed by atoms with E-state index in [-0.39, 0.29) is 12.1 Å². The molecule has 2 heterocycles. The Morgan fingerprint density at radius 2 is 2.00 bits per heavy atom. The molecule has 1 aliphatic heterocycles. The van der Waals surface area contributed by atoms with Crippen LogP contribution in [0.1, 0.15) is 16.5 Å². The zero-order valence-corrected chi connectivity index (χ0v) is 14.3. The molecule has 3 nitrogen and oxygen atoms in total. The Hall–Kier alpha value is -1.63. The average Bonchev–Trinajstić information content (AvgIpc) is 3.08. The number of hydrogen-bond donors (Lipinski definition) is 2. The first-order chi connectivity index (χ1) is 10.7. The van der Waals surface area contributed by atoms with E-state index in [0.717, 1.165) is 25.9 Å². The molecule has 1 aromatic carbocycles. The molecule has 112 valence electrons. The van der Waals surface area contributed by atoms with Gasteiger partial charge in [-0.25, -0.2) is 4.79 Å². The molecule has 1 aliphatic rings. The summed E-state index contributed by atoms with van der Waals surface area (Å²) < 4.78 is 0.782. The van der Waals surface area contributed by atoms with Gasteiger partial charge in [0, 0.05) is 10.5 Å². The highest BCUT2D eigenvalue weighted by atomic mass is 32.2. The van der Waals surface area contributed by atoms with Gasteiger partial charge in [-0.05, 0) is 23.3 Å². The van der Waals surface area contributed by atoms with Gasteiger partial charge < -0.3 is 10.6 Å². The van der Waals surface area contributed by atoms with E-state index >= 15 is 0 Å². The van der Waals surface area contributed by atoms with Crippen LogP contribution < -0.4 is 10.6 Å². The Morgan fingerprint density at radius 1 is 1.23 bits per heavy atom. The highest BCUT2D eigenvalue weighted by Gasteiger charge is 2.31. The SMILES string of the molecule is CSC(=S)C1=C(c2ccccc2)NC(=O)NC1c1cccs1. The first kappa shape index (κ1) is 15.3. The molecule has 2 aromatic rings. The van der Waals surface area contributed by atoms with Gasteiger partial charge in [-0.15, -0.1) is 23.1 Å². The molecule has 0 saturated carbocycles. The summed E-state index contributed by atoms with van der Waals surface area (Å²) in [5.41, 5.74) is 2.71. The zero-order valence-electron chi connectivity index (χ0n) is 11.8. The van der Waals surface area contributed by atoms with Gasteiger partial charge in [0.15, 0.2) is 0 Å². The fraction of sp³-hybridized carbons (Fsp3) is 0.125. The molecule has 2 amide bonds. The van der Waals surface area contributed by atoms with E-state index in [9.17, 15) is 4.79 Å². The van der Waals surface area contributed by atoms with E-state index < -0.39 is 0 Å². The second-order valence-corrected chi connectivity index (χ2v) is 7.16. The van der Waals surface area contributed by atoms with Crippen molar-refractivity contribution in [3.63, 3.8) is 0 Å². The van der Waals surface area contributed by atoms with Crippen molar-refractivity contribution in [3.05, 3.63) is 63.9 Å². The van der Waals surface area contributed by atoms with E-state index in [1.165, 1.54) is 11.8 Å². The number of urea groups is 1. The van der Waals surface area contributed by atoms with Crippen LogP contribution in [0.3, 0.4) is 0 Å². The third-order valence-corrected chi connectivity index (χ3v) is 5.62. The third-order valence-electron chi connectivity index (χ3n) is 3.37. The summed E-state index contributed by atoms with van der Waals surface area (Å²) in [5, 5.41) is 7.91. The molecule has 0 saturated heterocycles. The van der Waals surface area contributed by atoms with Crippen LogP contribution in [0.5, 0.6) is 0 Å². The molecular formula is C16H14N2OS3. The summed E-state index contributed by atoms with van der Waals surface area (Å²) in [6, 6.07) is 13.4. The van der Waals surface area contributed by atoms with Crippen molar-refractivity contribution in [3.8, 4) is 0 Å². The lowest BCUT2D eigenvalue weighted by molar-refractivity contribution is 0.241. The highest BCUT2D eigenvalue weighted by molar-refractivity contribution is 8.23. The van der Waals surface area contributed by atoms with Gasteiger partial charge >= 0.3 is 6.03 Å². The summed E-state index contributed by atoms with van der Waals surface area (Å²) in [4.78, 5) is 13.2. The Labute approximate surface area is 142 Å². The number of thiocarbonyl (C=S) groups is 1. The molecule has 3 rings (SSSR count). The highest BCUT2D eigenvalue weighted by Crippen LogP contribution is 2.36. The maximum absolute atomic E-state index is 12.1. The minimum atomic E-state index is -0.205. The summed E-state index contributed by atoms with van der Waals surface area (Å²) in [6.07, 6.45) is 1.96. The molecule has 6 heteroatoms. The zero-order chi connectivity index (χ0) is 15.5. The number of hydrogen-bond acceptors (Lipinski definition) is 4. The minimum Gasteiger partial charge on any atom is -0.326 e. The molecule has 0 radical (unpaired) electrons. The minimum absolute atomic E-state index is 0.204. The Bertz CT molecular complexity index is 723. The second kappa shape index (κ2) is 6.64. The molecule has 0 aliphatic carbocycles. The fourth-order valence-electron chi connectivity index (χ4n) is 2.40. The Balaban J connectivity index is 2.18. The maximum Gasteiger partial charge on any atom is 0.320 e. The summed E-state index contributed by atoms with van der Waals surface area (Å²) in [6.45, 7) is 0. The van der Waals surface area contributed by atoms with Gasteiger partial charge in [0.25, 0.3) is 0 Å². The first-order valence-corrected chi connectivity index (χ1v) is 9.21. The molecule has 1 aromatic heterocycles. The lowest BCUT2D eigenvalue weighted by Crippen LogP contribution is -2.44. The van der Waals surface area contributed by atoms with Crippen LogP contribution in [0.4, 0.5) is 4.79 Å². The van der Waals surface area contributed by atoms with Crippen molar-refractivity contribution in [1.29, 1.82) is 0 Å². The second-order valence-electron chi connectivity index (χ2n) is 4.69. The molecule has 0 fully saturated rings.